The zero-order valence-electron chi connectivity index (χ0n) is 18.0. The zero-order chi connectivity index (χ0) is 21.4. The highest BCUT2D eigenvalue weighted by atomic mass is 127. The highest BCUT2D eigenvalue weighted by Gasteiger charge is 2.22. The molecule has 10 heteroatoms. The monoisotopic (exact) mass is 542 g/mol. The third-order valence-electron chi connectivity index (χ3n) is 3.52. The normalized spacial score (nSPS) is 13.6. The quantitative estimate of drug-likeness (QED) is 0.205. The number of hydrogen-bond donors (Lipinski definition) is 4. The van der Waals surface area contributed by atoms with E-state index in [1.54, 1.807) is 13.8 Å². The largest absolute Gasteiger partial charge is 0.491 e. The van der Waals surface area contributed by atoms with Gasteiger partial charge in [0.1, 0.15) is 5.75 Å². The second-order valence-corrected chi connectivity index (χ2v) is 9.34. The summed E-state index contributed by atoms with van der Waals surface area (Å²) in [5.74, 6) is 1.21. The maximum atomic E-state index is 11.4. The van der Waals surface area contributed by atoms with E-state index in [-0.39, 0.29) is 43.2 Å². The molecule has 0 aliphatic heterocycles. The van der Waals surface area contributed by atoms with Crippen LogP contribution in [-0.2, 0) is 10.0 Å². The predicted molar refractivity (Wildman–Crippen MR) is 129 cm³/mol. The second kappa shape index (κ2) is 12.6. The molecule has 0 fully saturated rings. The zero-order valence-corrected chi connectivity index (χ0v) is 21.2. The minimum atomic E-state index is -3.33. The third-order valence-corrected chi connectivity index (χ3v) is 4.44. The van der Waals surface area contributed by atoms with Gasteiger partial charge in [-0.25, -0.2) is 13.1 Å². The molecule has 0 aromatic heterocycles. The Morgan fingerprint density at radius 3 is 2.48 bits per heavy atom. The van der Waals surface area contributed by atoms with Gasteiger partial charge in [-0.2, -0.15) is 0 Å². The Morgan fingerprint density at radius 2 is 1.93 bits per heavy atom. The molecule has 1 aromatic carbocycles. The van der Waals surface area contributed by atoms with Gasteiger partial charge in [0.25, 0.3) is 0 Å². The molecule has 0 saturated carbocycles. The first-order valence-corrected chi connectivity index (χ1v) is 11.3. The third kappa shape index (κ3) is 12.2. The van der Waals surface area contributed by atoms with E-state index in [0.29, 0.717) is 18.3 Å². The Labute approximate surface area is 192 Å². The number of aliphatic imine (C=N–C) groups is 1. The van der Waals surface area contributed by atoms with E-state index < -0.39 is 21.7 Å². The number of rotatable bonds is 10. The Balaban J connectivity index is 0.00000784. The molecule has 0 aliphatic carbocycles. The smallest absolute Gasteiger partial charge is 0.209 e. The summed E-state index contributed by atoms with van der Waals surface area (Å²) in [4.78, 5) is 4.42. The molecular formula is C19H35IN4O4S. The highest BCUT2D eigenvalue weighted by molar-refractivity contribution is 14.0. The maximum absolute atomic E-state index is 11.4. The minimum Gasteiger partial charge on any atom is -0.491 e. The predicted octanol–water partition coefficient (Wildman–Crippen LogP) is 2.01. The van der Waals surface area contributed by atoms with Gasteiger partial charge in [0, 0.05) is 18.6 Å². The topological polar surface area (TPSA) is 112 Å². The summed E-state index contributed by atoms with van der Waals surface area (Å²) in [6.07, 6.45) is 0.429. The molecule has 8 nitrogen and oxygen atoms in total. The summed E-state index contributed by atoms with van der Waals surface area (Å²) in [6, 6.07) is 7.35. The average Bonchev–Trinajstić information content (AvgIpc) is 2.54. The summed E-state index contributed by atoms with van der Waals surface area (Å²) >= 11 is 0. The molecule has 0 amide bonds. The van der Waals surface area contributed by atoms with Gasteiger partial charge in [0.05, 0.1) is 25.0 Å². The molecule has 4 N–H and O–H groups in total. The van der Waals surface area contributed by atoms with Crippen molar-refractivity contribution in [3.05, 3.63) is 29.8 Å². The molecule has 0 bridgehead atoms. The van der Waals surface area contributed by atoms with Crippen LogP contribution in [0, 0.1) is 0 Å². The van der Waals surface area contributed by atoms with Crippen molar-refractivity contribution < 1.29 is 18.3 Å². The standard InChI is InChI=1S/C19H34N4O4S.HI/c1-7-20-18(22-13-19(4,5)23-28(6,25)26)21-12-17(24)15-9-8-10-16(11-15)27-14(2)3;/h8-11,14,17,23-24H,7,12-13H2,1-6H3,(H2,20,21,22);1H. The van der Waals surface area contributed by atoms with Gasteiger partial charge in [-0.1, -0.05) is 12.1 Å². The van der Waals surface area contributed by atoms with Crippen LogP contribution in [0.15, 0.2) is 29.3 Å². The van der Waals surface area contributed by atoms with E-state index in [2.05, 4.69) is 20.3 Å². The average molecular weight is 542 g/mol. The second-order valence-electron chi connectivity index (χ2n) is 7.59. The van der Waals surface area contributed by atoms with Crippen LogP contribution in [0.4, 0.5) is 0 Å². The first-order valence-electron chi connectivity index (χ1n) is 9.37. The van der Waals surface area contributed by atoms with E-state index in [1.807, 2.05) is 45.0 Å². The van der Waals surface area contributed by atoms with Gasteiger partial charge in [-0.15, -0.1) is 24.0 Å². The first-order chi connectivity index (χ1) is 12.9. The number of ether oxygens (including phenoxy) is 1. The molecule has 0 saturated heterocycles. The number of nitrogens with zero attached hydrogens (tertiary/aromatic N) is 1. The van der Waals surface area contributed by atoms with Crippen LogP contribution < -0.4 is 20.1 Å². The minimum absolute atomic E-state index is 0. The van der Waals surface area contributed by atoms with Crippen molar-refractivity contribution in [2.75, 3.05) is 25.9 Å². The molecule has 168 valence electrons. The molecule has 1 unspecified atom stereocenters. The molecule has 0 spiro atoms. The van der Waals surface area contributed by atoms with Crippen LogP contribution in [0.5, 0.6) is 5.75 Å². The lowest BCUT2D eigenvalue weighted by Gasteiger charge is -2.24. The van der Waals surface area contributed by atoms with Crippen molar-refractivity contribution in [1.29, 1.82) is 0 Å². The molecular weight excluding hydrogens is 507 g/mol. The lowest BCUT2D eigenvalue weighted by atomic mass is 10.1. The van der Waals surface area contributed by atoms with Gasteiger partial charge >= 0.3 is 0 Å². The summed E-state index contributed by atoms with van der Waals surface area (Å²) < 4.78 is 31.1. The van der Waals surface area contributed by atoms with Crippen LogP contribution in [0.3, 0.4) is 0 Å². The number of benzene rings is 1. The SMILES string of the molecule is CCNC(=NCC(C)(C)NS(C)(=O)=O)NCC(O)c1cccc(OC(C)C)c1.I. The number of halogens is 1. The lowest BCUT2D eigenvalue weighted by Crippen LogP contribution is -2.47. The number of aliphatic hydroxyl groups excluding tert-OH is 1. The van der Waals surface area contributed by atoms with Crippen LogP contribution in [0.25, 0.3) is 0 Å². The van der Waals surface area contributed by atoms with Crippen LogP contribution >= 0.6 is 24.0 Å². The van der Waals surface area contributed by atoms with Gasteiger partial charge in [-0.3, -0.25) is 4.99 Å². The molecule has 0 radical (unpaired) electrons. The maximum Gasteiger partial charge on any atom is 0.209 e. The van der Waals surface area contributed by atoms with E-state index in [4.69, 9.17) is 4.74 Å². The van der Waals surface area contributed by atoms with Crippen LogP contribution in [-0.4, -0.2) is 57.0 Å². The van der Waals surface area contributed by atoms with Gasteiger partial charge in [-0.05, 0) is 52.3 Å². The van der Waals surface area contributed by atoms with Crippen LogP contribution in [0.2, 0.25) is 0 Å². The van der Waals surface area contributed by atoms with Gasteiger partial charge in [0.15, 0.2) is 5.96 Å². The molecule has 29 heavy (non-hydrogen) atoms. The first kappa shape index (κ1) is 27.9. The fourth-order valence-corrected chi connectivity index (χ4v) is 3.60. The van der Waals surface area contributed by atoms with Gasteiger partial charge < -0.3 is 20.5 Å². The molecule has 1 aromatic rings. The number of sulfonamides is 1. The van der Waals surface area contributed by atoms with E-state index in [0.717, 1.165) is 11.8 Å². The number of nitrogens with one attached hydrogen (secondary N) is 3. The van der Waals surface area contributed by atoms with Crippen molar-refractivity contribution in [2.24, 2.45) is 4.99 Å². The molecule has 0 aliphatic rings. The summed E-state index contributed by atoms with van der Waals surface area (Å²) in [5.41, 5.74) is 0.0115. The summed E-state index contributed by atoms with van der Waals surface area (Å²) in [7, 11) is -3.33. The van der Waals surface area contributed by atoms with Crippen molar-refractivity contribution in [2.45, 2.75) is 52.4 Å². The van der Waals surface area contributed by atoms with Crippen molar-refractivity contribution in [3.63, 3.8) is 0 Å². The number of guanidine groups is 1. The number of hydrogen-bond acceptors (Lipinski definition) is 5. The summed E-state index contributed by atoms with van der Waals surface area (Å²) in [5, 5.41) is 16.7. The number of aliphatic hydroxyl groups is 1. The fourth-order valence-electron chi connectivity index (χ4n) is 2.53. The summed E-state index contributed by atoms with van der Waals surface area (Å²) in [6.45, 7) is 10.5. The van der Waals surface area contributed by atoms with E-state index in [9.17, 15) is 13.5 Å². The lowest BCUT2D eigenvalue weighted by molar-refractivity contribution is 0.179. The Kier molecular flexibility index (Phi) is 12.1. The van der Waals surface area contributed by atoms with Crippen molar-refractivity contribution in [3.8, 4) is 5.75 Å². The molecule has 1 atom stereocenters. The molecule has 0 heterocycles. The van der Waals surface area contributed by atoms with Crippen LogP contribution in [0.1, 0.15) is 46.3 Å². The Morgan fingerprint density at radius 1 is 1.28 bits per heavy atom. The van der Waals surface area contributed by atoms with Crippen molar-refractivity contribution in [1.82, 2.24) is 15.4 Å². The van der Waals surface area contributed by atoms with Gasteiger partial charge in [0.2, 0.25) is 10.0 Å². The molecule has 1 rings (SSSR count). The Hall–Kier alpha value is -1.11. The highest BCUT2D eigenvalue weighted by Crippen LogP contribution is 2.19. The Bertz CT molecular complexity index is 754. The van der Waals surface area contributed by atoms with E-state index >= 15 is 0 Å². The van der Waals surface area contributed by atoms with E-state index in [1.165, 1.54) is 0 Å². The van der Waals surface area contributed by atoms with Crippen molar-refractivity contribution >= 4 is 40.0 Å². The fraction of sp³-hybridized carbons (Fsp3) is 0.632.